The third-order valence-electron chi connectivity index (χ3n) is 3.86. The summed E-state index contributed by atoms with van der Waals surface area (Å²) in [5.41, 5.74) is 3.38. The van der Waals surface area contributed by atoms with Crippen LogP contribution < -0.4 is 0 Å². The molecular weight excluding hydrogens is 340 g/mol. The molecule has 0 saturated carbocycles. The standard InChI is InChI=1S/C18H18N2O4S/c1-12-4-7-17-19-14(10-20(17)9-12)11-24-18(21)16-8-15(25(3,22)23)6-5-13(16)2/h4-10H,11H2,1-3H3. The Morgan fingerprint density at radius 1 is 1.16 bits per heavy atom. The van der Waals surface area contributed by atoms with Crippen molar-refractivity contribution >= 4 is 21.5 Å². The Labute approximate surface area is 146 Å². The number of sulfone groups is 1. The Hall–Kier alpha value is -2.67. The summed E-state index contributed by atoms with van der Waals surface area (Å²) in [6.07, 6.45) is 4.84. The number of hydrogen-bond acceptors (Lipinski definition) is 5. The van der Waals surface area contributed by atoms with E-state index in [4.69, 9.17) is 4.74 Å². The van der Waals surface area contributed by atoms with Crippen LogP contribution in [0.4, 0.5) is 0 Å². The Bertz CT molecular complexity index is 1070. The monoisotopic (exact) mass is 358 g/mol. The van der Waals surface area contributed by atoms with E-state index in [2.05, 4.69) is 4.98 Å². The van der Waals surface area contributed by atoms with Gasteiger partial charge in [-0.05, 0) is 43.2 Å². The van der Waals surface area contributed by atoms with E-state index in [1.807, 2.05) is 29.7 Å². The molecule has 2 aromatic heterocycles. The average Bonchev–Trinajstić information content (AvgIpc) is 2.93. The Morgan fingerprint density at radius 3 is 2.64 bits per heavy atom. The second-order valence-electron chi connectivity index (χ2n) is 6.03. The van der Waals surface area contributed by atoms with Crippen molar-refractivity contribution in [2.75, 3.05) is 6.26 Å². The van der Waals surface area contributed by atoms with Crippen molar-refractivity contribution < 1.29 is 17.9 Å². The van der Waals surface area contributed by atoms with Crippen LogP contribution in [0.3, 0.4) is 0 Å². The van der Waals surface area contributed by atoms with Gasteiger partial charge in [0.2, 0.25) is 0 Å². The number of aryl methyl sites for hydroxylation is 2. The molecule has 0 aliphatic heterocycles. The second-order valence-corrected chi connectivity index (χ2v) is 8.04. The molecule has 0 amide bonds. The molecule has 0 fully saturated rings. The summed E-state index contributed by atoms with van der Waals surface area (Å²) < 4.78 is 30.5. The third kappa shape index (κ3) is 3.71. The van der Waals surface area contributed by atoms with Crippen molar-refractivity contribution in [3.8, 4) is 0 Å². The molecule has 25 heavy (non-hydrogen) atoms. The fourth-order valence-corrected chi connectivity index (χ4v) is 3.14. The number of carbonyl (C=O) groups excluding carboxylic acids is 1. The fourth-order valence-electron chi connectivity index (χ4n) is 2.49. The number of aromatic nitrogens is 2. The number of pyridine rings is 1. The highest BCUT2D eigenvalue weighted by atomic mass is 32.2. The maximum atomic E-state index is 12.3. The zero-order chi connectivity index (χ0) is 18.2. The number of rotatable bonds is 4. The molecule has 0 saturated heterocycles. The van der Waals surface area contributed by atoms with Gasteiger partial charge in [0.05, 0.1) is 16.2 Å². The van der Waals surface area contributed by atoms with Gasteiger partial charge in [-0.1, -0.05) is 12.1 Å². The van der Waals surface area contributed by atoms with E-state index in [0.717, 1.165) is 17.5 Å². The average molecular weight is 358 g/mol. The van der Waals surface area contributed by atoms with Crippen LogP contribution >= 0.6 is 0 Å². The van der Waals surface area contributed by atoms with Crippen LogP contribution in [0.1, 0.15) is 27.2 Å². The van der Waals surface area contributed by atoms with Gasteiger partial charge in [-0.2, -0.15) is 0 Å². The van der Waals surface area contributed by atoms with Crippen molar-refractivity contribution in [1.29, 1.82) is 0 Å². The molecule has 0 unspecified atom stereocenters. The van der Waals surface area contributed by atoms with Crippen LogP contribution in [0.2, 0.25) is 0 Å². The van der Waals surface area contributed by atoms with Gasteiger partial charge < -0.3 is 9.14 Å². The van der Waals surface area contributed by atoms with Crippen LogP contribution in [0, 0.1) is 13.8 Å². The van der Waals surface area contributed by atoms with E-state index < -0.39 is 15.8 Å². The van der Waals surface area contributed by atoms with Gasteiger partial charge in [0.1, 0.15) is 12.3 Å². The molecule has 6 nitrogen and oxygen atoms in total. The minimum absolute atomic E-state index is 0.0160. The summed E-state index contributed by atoms with van der Waals surface area (Å²) in [6.45, 7) is 3.73. The summed E-state index contributed by atoms with van der Waals surface area (Å²) in [6, 6.07) is 8.27. The van der Waals surface area contributed by atoms with Gasteiger partial charge in [-0.3, -0.25) is 0 Å². The van der Waals surface area contributed by atoms with Crippen molar-refractivity contribution in [1.82, 2.24) is 9.38 Å². The smallest absolute Gasteiger partial charge is 0.338 e. The van der Waals surface area contributed by atoms with Gasteiger partial charge in [-0.25, -0.2) is 18.2 Å². The third-order valence-corrected chi connectivity index (χ3v) is 4.97. The van der Waals surface area contributed by atoms with Crippen LogP contribution in [0.15, 0.2) is 47.6 Å². The molecule has 3 rings (SSSR count). The number of esters is 1. The number of carbonyl (C=O) groups is 1. The summed E-state index contributed by atoms with van der Waals surface area (Å²) in [7, 11) is -3.39. The summed E-state index contributed by atoms with van der Waals surface area (Å²) in [4.78, 5) is 16.8. The first-order chi connectivity index (χ1) is 11.7. The highest BCUT2D eigenvalue weighted by Gasteiger charge is 2.16. The number of nitrogens with zero attached hydrogens (tertiary/aromatic N) is 2. The molecule has 0 aliphatic carbocycles. The molecular formula is C18H18N2O4S. The van der Waals surface area contributed by atoms with Crippen molar-refractivity contribution in [2.45, 2.75) is 25.3 Å². The van der Waals surface area contributed by atoms with Crippen molar-refractivity contribution in [3.63, 3.8) is 0 Å². The molecule has 0 spiro atoms. The van der Waals surface area contributed by atoms with E-state index in [1.165, 1.54) is 12.1 Å². The predicted molar refractivity (Wildman–Crippen MR) is 93.3 cm³/mol. The van der Waals surface area contributed by atoms with Crippen LogP contribution in [-0.2, 0) is 21.2 Å². The maximum absolute atomic E-state index is 12.3. The number of hydrogen-bond donors (Lipinski definition) is 0. The van der Waals surface area contributed by atoms with E-state index >= 15 is 0 Å². The van der Waals surface area contributed by atoms with Crippen molar-refractivity contribution in [2.24, 2.45) is 0 Å². The zero-order valence-corrected chi connectivity index (χ0v) is 15.0. The Morgan fingerprint density at radius 2 is 1.92 bits per heavy atom. The first-order valence-corrected chi connectivity index (χ1v) is 9.55. The van der Waals surface area contributed by atoms with E-state index in [9.17, 15) is 13.2 Å². The molecule has 3 aromatic rings. The lowest BCUT2D eigenvalue weighted by Crippen LogP contribution is -2.09. The van der Waals surface area contributed by atoms with E-state index in [1.54, 1.807) is 19.2 Å². The Balaban J connectivity index is 1.80. The van der Waals surface area contributed by atoms with E-state index in [-0.39, 0.29) is 17.1 Å². The number of imidazole rings is 1. The maximum Gasteiger partial charge on any atom is 0.338 e. The lowest BCUT2D eigenvalue weighted by atomic mass is 10.1. The van der Waals surface area contributed by atoms with E-state index in [0.29, 0.717) is 11.3 Å². The van der Waals surface area contributed by atoms with Gasteiger partial charge in [0.15, 0.2) is 9.84 Å². The first kappa shape index (κ1) is 17.2. The quantitative estimate of drug-likeness (QED) is 0.670. The predicted octanol–water partition coefficient (Wildman–Crippen LogP) is 2.71. The molecule has 0 N–H and O–H groups in total. The molecule has 0 aliphatic rings. The fraction of sp³-hybridized carbons (Fsp3) is 0.222. The molecule has 130 valence electrons. The largest absolute Gasteiger partial charge is 0.456 e. The molecule has 0 radical (unpaired) electrons. The van der Waals surface area contributed by atoms with Crippen molar-refractivity contribution in [3.05, 3.63) is 65.1 Å². The topological polar surface area (TPSA) is 77.7 Å². The molecule has 1 aromatic carbocycles. The van der Waals surface area contributed by atoms with Crippen LogP contribution in [0.5, 0.6) is 0 Å². The van der Waals surface area contributed by atoms with Crippen LogP contribution in [0.25, 0.3) is 5.65 Å². The highest BCUT2D eigenvalue weighted by molar-refractivity contribution is 7.90. The first-order valence-electron chi connectivity index (χ1n) is 7.66. The summed E-state index contributed by atoms with van der Waals surface area (Å²) in [5.74, 6) is -0.573. The normalized spacial score (nSPS) is 11.6. The molecule has 2 heterocycles. The van der Waals surface area contributed by atoms with Gasteiger partial charge >= 0.3 is 5.97 Å². The van der Waals surface area contributed by atoms with Gasteiger partial charge in [0, 0.05) is 18.6 Å². The van der Waals surface area contributed by atoms with Gasteiger partial charge in [-0.15, -0.1) is 0 Å². The van der Waals surface area contributed by atoms with Crippen LogP contribution in [-0.4, -0.2) is 30.0 Å². The molecule has 0 bridgehead atoms. The minimum atomic E-state index is -3.39. The van der Waals surface area contributed by atoms with Gasteiger partial charge in [0.25, 0.3) is 0 Å². The SMILES string of the molecule is Cc1ccc2nc(COC(=O)c3cc(S(C)(=O)=O)ccc3C)cn2c1. The minimum Gasteiger partial charge on any atom is -0.456 e. The zero-order valence-electron chi connectivity index (χ0n) is 14.2. The summed E-state index contributed by atoms with van der Waals surface area (Å²) >= 11 is 0. The highest BCUT2D eigenvalue weighted by Crippen LogP contribution is 2.17. The molecule has 7 heteroatoms. The number of fused-ring (bicyclic) bond motifs is 1. The summed E-state index contributed by atoms with van der Waals surface area (Å²) in [5, 5.41) is 0. The molecule has 0 atom stereocenters. The second kappa shape index (κ2) is 6.33. The number of benzene rings is 1. The lowest BCUT2D eigenvalue weighted by Gasteiger charge is -2.08. The Kier molecular flexibility index (Phi) is 4.34. The number of ether oxygens (including phenoxy) is 1. The lowest BCUT2D eigenvalue weighted by molar-refractivity contribution is 0.0467.